The van der Waals surface area contributed by atoms with Gasteiger partial charge in [0, 0.05) is 43.4 Å². The molecule has 0 aliphatic heterocycles. The molecule has 1 amide bonds. The van der Waals surface area contributed by atoms with E-state index in [0.29, 0.717) is 5.56 Å². The largest absolute Gasteiger partial charge is 0.372 e. The van der Waals surface area contributed by atoms with Crippen LogP contribution in [-0.4, -0.2) is 30.1 Å². The van der Waals surface area contributed by atoms with Gasteiger partial charge >= 0.3 is 0 Å². The molecule has 0 spiro atoms. The number of carbonyl (C=O) groups is 1. The van der Waals surface area contributed by atoms with Crippen molar-refractivity contribution in [3.8, 4) is 0 Å². The molecule has 1 rings (SSSR count). The number of non-ortho nitro benzene ring substituents is 1. The highest BCUT2D eigenvalue weighted by atomic mass is 16.6. The fraction of sp³-hybridized carbons (Fsp3) is 0.385. The highest BCUT2D eigenvalue weighted by molar-refractivity contribution is 5.90. The number of nitro groups is 1. The fourth-order valence-electron chi connectivity index (χ4n) is 1.80. The molecule has 0 saturated carbocycles. The molecule has 108 valence electrons. The van der Waals surface area contributed by atoms with Crippen molar-refractivity contribution in [3.05, 3.63) is 33.9 Å². The Hall–Kier alpha value is -2.44. The molecule has 0 heterocycles. The highest BCUT2D eigenvalue weighted by Gasteiger charge is 2.13. The Morgan fingerprint density at radius 1 is 1.45 bits per heavy atom. The van der Waals surface area contributed by atoms with Crippen LogP contribution in [0.3, 0.4) is 0 Å². The monoisotopic (exact) mass is 278 g/mol. The molecule has 7 heteroatoms. The van der Waals surface area contributed by atoms with Crippen LogP contribution in [0, 0.1) is 10.1 Å². The third-order valence-corrected chi connectivity index (χ3v) is 2.75. The minimum absolute atomic E-state index is 0.00909. The van der Waals surface area contributed by atoms with E-state index in [1.54, 1.807) is 6.07 Å². The number of nitro benzene ring substituents is 1. The molecule has 0 aromatic heterocycles. The predicted octanol–water partition coefficient (Wildman–Crippen LogP) is 1.91. The van der Waals surface area contributed by atoms with E-state index in [9.17, 15) is 14.9 Å². The molecule has 0 aliphatic carbocycles. The Bertz CT molecular complexity index is 524. The molecule has 0 saturated heterocycles. The van der Waals surface area contributed by atoms with Crippen molar-refractivity contribution in [1.82, 2.24) is 5.43 Å². The Labute approximate surface area is 117 Å². The second-order valence-corrected chi connectivity index (χ2v) is 4.10. The molecule has 1 N–H and O–H groups in total. The topological polar surface area (TPSA) is 87.8 Å². The lowest BCUT2D eigenvalue weighted by atomic mass is 10.1. The van der Waals surface area contributed by atoms with Crippen molar-refractivity contribution in [1.29, 1.82) is 0 Å². The van der Waals surface area contributed by atoms with Crippen LogP contribution in [0.2, 0.25) is 0 Å². The van der Waals surface area contributed by atoms with Crippen molar-refractivity contribution < 1.29 is 9.72 Å². The summed E-state index contributed by atoms with van der Waals surface area (Å²) in [5.41, 5.74) is 3.71. The van der Waals surface area contributed by atoms with Crippen molar-refractivity contribution in [2.75, 3.05) is 18.0 Å². The number of nitrogens with zero attached hydrogens (tertiary/aromatic N) is 3. The maximum absolute atomic E-state index is 10.8. The first-order chi connectivity index (χ1) is 9.49. The van der Waals surface area contributed by atoms with Crippen molar-refractivity contribution in [2.45, 2.75) is 20.8 Å². The fourth-order valence-corrected chi connectivity index (χ4v) is 1.80. The zero-order valence-electron chi connectivity index (χ0n) is 11.8. The summed E-state index contributed by atoms with van der Waals surface area (Å²) in [6.45, 7) is 6.89. The number of benzene rings is 1. The van der Waals surface area contributed by atoms with Gasteiger partial charge in [0.25, 0.3) is 5.69 Å². The van der Waals surface area contributed by atoms with E-state index < -0.39 is 4.92 Å². The second-order valence-electron chi connectivity index (χ2n) is 4.10. The lowest BCUT2D eigenvalue weighted by molar-refractivity contribution is -0.384. The van der Waals surface area contributed by atoms with Crippen LogP contribution in [0.15, 0.2) is 23.3 Å². The zero-order chi connectivity index (χ0) is 15.1. The van der Waals surface area contributed by atoms with Crippen molar-refractivity contribution >= 4 is 23.5 Å². The van der Waals surface area contributed by atoms with Crippen LogP contribution in [0.5, 0.6) is 0 Å². The average Bonchev–Trinajstić information content (AvgIpc) is 2.40. The molecule has 0 fully saturated rings. The minimum atomic E-state index is -0.457. The van der Waals surface area contributed by atoms with Gasteiger partial charge in [-0.05, 0) is 19.9 Å². The summed E-state index contributed by atoms with van der Waals surface area (Å²) in [4.78, 5) is 23.2. The lowest BCUT2D eigenvalue weighted by Gasteiger charge is -2.22. The third kappa shape index (κ3) is 4.04. The van der Waals surface area contributed by atoms with Gasteiger partial charge in [0.2, 0.25) is 5.91 Å². The van der Waals surface area contributed by atoms with Crippen LogP contribution in [0.1, 0.15) is 26.3 Å². The number of hydrogen-bond acceptors (Lipinski definition) is 5. The molecule has 0 radical (unpaired) electrons. The Morgan fingerprint density at radius 3 is 2.60 bits per heavy atom. The number of nitrogens with one attached hydrogen (secondary N) is 1. The predicted molar refractivity (Wildman–Crippen MR) is 78.1 cm³/mol. The van der Waals surface area contributed by atoms with E-state index in [2.05, 4.69) is 15.4 Å². The van der Waals surface area contributed by atoms with Gasteiger partial charge < -0.3 is 4.90 Å². The zero-order valence-corrected chi connectivity index (χ0v) is 11.8. The van der Waals surface area contributed by atoms with Crippen LogP contribution in [0.4, 0.5) is 11.4 Å². The number of amides is 1. The third-order valence-electron chi connectivity index (χ3n) is 2.75. The Balaban J connectivity index is 3.18. The maximum atomic E-state index is 10.8. The van der Waals surface area contributed by atoms with E-state index in [1.807, 2.05) is 13.8 Å². The molecular weight excluding hydrogens is 260 g/mol. The summed E-state index contributed by atoms with van der Waals surface area (Å²) in [5, 5.41) is 14.6. The Kier molecular flexibility index (Phi) is 5.64. The van der Waals surface area contributed by atoms with Gasteiger partial charge in [-0.25, -0.2) is 5.43 Å². The molecule has 20 heavy (non-hydrogen) atoms. The Morgan fingerprint density at radius 2 is 2.10 bits per heavy atom. The number of rotatable bonds is 6. The number of hydrazone groups is 1. The summed E-state index contributed by atoms with van der Waals surface area (Å²) >= 11 is 0. The molecule has 0 atom stereocenters. The normalized spacial score (nSPS) is 10.6. The van der Waals surface area contributed by atoms with Crippen LogP contribution >= 0.6 is 0 Å². The summed E-state index contributed by atoms with van der Waals surface area (Å²) in [5.74, 6) is -0.295. The standard InChI is InChI=1S/C13H18N4O3/c1-4-16(5-2)13-7-6-12(17(19)20)8-11(13)9-14-15-10(3)18/h6-9H,4-5H2,1-3H3,(H,15,18)/b14-9-. The van der Waals surface area contributed by atoms with Gasteiger partial charge in [-0.3, -0.25) is 14.9 Å². The summed E-state index contributed by atoms with van der Waals surface area (Å²) < 4.78 is 0. The maximum Gasteiger partial charge on any atom is 0.270 e. The van der Waals surface area contributed by atoms with E-state index >= 15 is 0 Å². The molecular formula is C13H18N4O3. The van der Waals surface area contributed by atoms with E-state index in [0.717, 1.165) is 18.8 Å². The second kappa shape index (κ2) is 7.22. The molecule has 0 unspecified atom stereocenters. The first-order valence-electron chi connectivity index (χ1n) is 6.32. The SMILES string of the molecule is CCN(CC)c1ccc([N+](=O)[O-])cc1/C=N\NC(C)=O. The van der Waals surface area contributed by atoms with Crippen LogP contribution in [0.25, 0.3) is 0 Å². The molecule has 1 aromatic rings. The molecule has 1 aromatic carbocycles. The minimum Gasteiger partial charge on any atom is -0.372 e. The van der Waals surface area contributed by atoms with E-state index in [1.165, 1.54) is 25.3 Å². The van der Waals surface area contributed by atoms with Crippen LogP contribution < -0.4 is 10.3 Å². The smallest absolute Gasteiger partial charge is 0.270 e. The van der Waals surface area contributed by atoms with Gasteiger partial charge in [-0.15, -0.1) is 0 Å². The quantitative estimate of drug-likeness (QED) is 0.489. The van der Waals surface area contributed by atoms with E-state index in [-0.39, 0.29) is 11.6 Å². The summed E-state index contributed by atoms with van der Waals surface area (Å²) in [7, 11) is 0. The van der Waals surface area contributed by atoms with E-state index in [4.69, 9.17) is 0 Å². The number of anilines is 1. The first kappa shape index (κ1) is 15.6. The van der Waals surface area contributed by atoms with Gasteiger partial charge in [0.05, 0.1) is 11.1 Å². The van der Waals surface area contributed by atoms with Crippen molar-refractivity contribution in [3.63, 3.8) is 0 Å². The first-order valence-corrected chi connectivity index (χ1v) is 6.32. The summed E-state index contributed by atoms with van der Waals surface area (Å²) in [6.07, 6.45) is 1.42. The van der Waals surface area contributed by atoms with Gasteiger partial charge in [0.1, 0.15) is 0 Å². The van der Waals surface area contributed by atoms with Crippen LogP contribution in [-0.2, 0) is 4.79 Å². The van der Waals surface area contributed by atoms with Gasteiger partial charge in [-0.2, -0.15) is 5.10 Å². The van der Waals surface area contributed by atoms with Gasteiger partial charge in [-0.1, -0.05) is 0 Å². The summed E-state index contributed by atoms with van der Waals surface area (Å²) in [6, 6.07) is 4.60. The molecule has 7 nitrogen and oxygen atoms in total. The average molecular weight is 278 g/mol. The lowest BCUT2D eigenvalue weighted by Crippen LogP contribution is -2.23. The number of hydrogen-bond donors (Lipinski definition) is 1. The van der Waals surface area contributed by atoms with Crippen molar-refractivity contribution in [2.24, 2.45) is 5.10 Å². The molecule has 0 aliphatic rings. The highest BCUT2D eigenvalue weighted by Crippen LogP contribution is 2.24. The molecule has 0 bridgehead atoms. The number of carbonyl (C=O) groups excluding carboxylic acids is 1. The van der Waals surface area contributed by atoms with Gasteiger partial charge in [0.15, 0.2) is 0 Å².